The van der Waals surface area contributed by atoms with Gasteiger partial charge in [0.2, 0.25) is 11.6 Å². The average Bonchev–Trinajstić information content (AvgIpc) is 2.91. The molecule has 1 N–H and O–H groups in total. The summed E-state index contributed by atoms with van der Waals surface area (Å²) in [5.74, 6) is -2.81. The monoisotopic (exact) mass is 580 g/mol. The van der Waals surface area contributed by atoms with Crippen LogP contribution in [0.2, 0.25) is 0 Å². The van der Waals surface area contributed by atoms with Gasteiger partial charge in [0.25, 0.3) is 0 Å². The van der Waals surface area contributed by atoms with Crippen LogP contribution in [0.1, 0.15) is 41.3 Å². The van der Waals surface area contributed by atoms with Gasteiger partial charge in [0, 0.05) is 54.2 Å². The van der Waals surface area contributed by atoms with E-state index < -0.39 is 30.0 Å². The van der Waals surface area contributed by atoms with Crippen molar-refractivity contribution in [3.63, 3.8) is 0 Å². The summed E-state index contributed by atoms with van der Waals surface area (Å²) >= 11 is 0. The van der Waals surface area contributed by atoms with E-state index in [1.54, 1.807) is 38.1 Å². The van der Waals surface area contributed by atoms with Gasteiger partial charge in [-0.15, -0.1) is 0 Å². The zero-order valence-electron chi connectivity index (χ0n) is 21.7. The fourth-order valence-corrected chi connectivity index (χ4v) is 3.39. The molecular weight excluding hydrogens is 558 g/mol. The summed E-state index contributed by atoms with van der Waals surface area (Å²) in [6, 6.07) is 6.56. The molecule has 4 aromatic heterocycles. The van der Waals surface area contributed by atoms with Crippen LogP contribution < -0.4 is 0 Å². The first-order chi connectivity index (χ1) is 19.2. The van der Waals surface area contributed by atoms with Crippen LogP contribution in [0, 0.1) is 13.8 Å². The summed E-state index contributed by atoms with van der Waals surface area (Å²) in [7, 11) is 0. The minimum absolute atomic E-state index is 0.00843. The summed E-state index contributed by atoms with van der Waals surface area (Å²) < 4.78 is 79.2. The van der Waals surface area contributed by atoms with Gasteiger partial charge in [-0.3, -0.25) is 14.8 Å². The normalized spacial score (nSPS) is 11.5. The van der Waals surface area contributed by atoms with E-state index in [-0.39, 0.29) is 13.2 Å². The highest BCUT2D eigenvalue weighted by molar-refractivity contribution is 5.66. The highest BCUT2D eigenvalue weighted by Crippen LogP contribution is 2.28. The van der Waals surface area contributed by atoms with E-state index in [1.807, 2.05) is 0 Å². The number of nitrogens with zero attached hydrogens (tertiary/aromatic N) is 6. The summed E-state index contributed by atoms with van der Waals surface area (Å²) in [5.41, 5.74) is 4.30. The van der Waals surface area contributed by atoms with Crippen LogP contribution >= 0.6 is 0 Å². The molecule has 216 valence electrons. The van der Waals surface area contributed by atoms with Gasteiger partial charge in [-0.1, -0.05) is 0 Å². The van der Waals surface area contributed by atoms with Crippen molar-refractivity contribution in [1.82, 2.24) is 29.9 Å². The number of carbonyl (C=O) groups excluding carboxylic acids is 1. The Hall–Kier alpha value is -4.53. The second-order valence-electron chi connectivity index (χ2n) is 8.50. The summed E-state index contributed by atoms with van der Waals surface area (Å²) in [4.78, 5) is 32.3. The summed E-state index contributed by atoms with van der Waals surface area (Å²) in [5, 5.41) is 9.04. The van der Waals surface area contributed by atoms with Crippen LogP contribution in [0.5, 0.6) is 0 Å². The number of aryl methyl sites for hydroxylation is 2. The molecule has 4 rings (SSSR count). The van der Waals surface area contributed by atoms with E-state index in [9.17, 15) is 31.1 Å². The largest absolute Gasteiger partial charge is 0.459 e. The average molecular weight is 580 g/mol. The van der Waals surface area contributed by atoms with Gasteiger partial charge in [-0.05, 0) is 49.2 Å². The molecule has 0 amide bonds. The van der Waals surface area contributed by atoms with Crippen molar-refractivity contribution in [1.29, 1.82) is 0 Å². The number of esters is 1. The molecule has 0 aliphatic heterocycles. The van der Waals surface area contributed by atoms with Gasteiger partial charge < -0.3 is 9.84 Å². The maximum Gasteiger partial charge on any atom is 0.451 e. The Bertz CT molecular complexity index is 1490. The van der Waals surface area contributed by atoms with Gasteiger partial charge in [-0.2, -0.15) is 26.3 Å². The summed E-state index contributed by atoms with van der Waals surface area (Å²) in [6.07, 6.45) is -4.73. The van der Waals surface area contributed by atoms with Crippen molar-refractivity contribution in [3.8, 4) is 22.3 Å². The predicted molar refractivity (Wildman–Crippen MR) is 131 cm³/mol. The van der Waals surface area contributed by atoms with Crippen molar-refractivity contribution in [2.45, 2.75) is 46.3 Å². The van der Waals surface area contributed by atoms with E-state index in [2.05, 4.69) is 29.9 Å². The number of aromatic nitrogens is 6. The molecule has 0 spiro atoms. The lowest BCUT2D eigenvalue weighted by molar-refractivity contribution is -0.145. The van der Waals surface area contributed by atoms with Crippen molar-refractivity contribution in [2.75, 3.05) is 0 Å². The number of carbonyl (C=O) groups is 1. The number of halogens is 6. The molecule has 4 aromatic rings. The smallest absolute Gasteiger partial charge is 0.451 e. The lowest BCUT2D eigenvalue weighted by Crippen LogP contribution is -2.10. The van der Waals surface area contributed by atoms with E-state index in [0.717, 1.165) is 24.8 Å². The Morgan fingerprint density at radius 3 is 1.46 bits per heavy atom. The first-order valence-electron chi connectivity index (χ1n) is 11.6. The third-order valence-electron chi connectivity index (χ3n) is 5.08. The van der Waals surface area contributed by atoms with E-state index in [0.29, 0.717) is 45.0 Å². The van der Waals surface area contributed by atoms with E-state index in [4.69, 9.17) is 9.84 Å². The van der Waals surface area contributed by atoms with Gasteiger partial charge in [0.15, 0.2) is 0 Å². The van der Waals surface area contributed by atoms with Crippen LogP contribution in [-0.2, 0) is 35.1 Å². The Kier molecular flexibility index (Phi) is 9.65. The molecule has 0 unspecified atom stereocenters. The summed E-state index contributed by atoms with van der Waals surface area (Å²) in [6.45, 7) is 4.49. The Balaban J connectivity index is 0.000000228. The topological polar surface area (TPSA) is 124 Å². The van der Waals surface area contributed by atoms with E-state index in [1.165, 1.54) is 6.92 Å². The molecule has 0 aromatic carbocycles. The minimum Gasteiger partial charge on any atom is -0.459 e. The third-order valence-corrected chi connectivity index (χ3v) is 5.08. The molecule has 0 aliphatic carbocycles. The second kappa shape index (κ2) is 12.8. The Morgan fingerprint density at radius 1 is 0.707 bits per heavy atom. The Morgan fingerprint density at radius 2 is 1.10 bits per heavy atom. The molecule has 0 aliphatic rings. The molecule has 9 nitrogen and oxygen atoms in total. The van der Waals surface area contributed by atoms with Crippen LogP contribution in [0.15, 0.2) is 49.1 Å². The van der Waals surface area contributed by atoms with Gasteiger partial charge >= 0.3 is 18.3 Å². The van der Waals surface area contributed by atoms with Crippen molar-refractivity contribution >= 4 is 5.97 Å². The molecule has 41 heavy (non-hydrogen) atoms. The highest BCUT2D eigenvalue weighted by atomic mass is 19.4. The molecule has 4 heterocycles. The van der Waals surface area contributed by atoms with Crippen LogP contribution in [-0.4, -0.2) is 41.0 Å². The maximum atomic E-state index is 12.4. The number of aliphatic hydroxyl groups excluding tert-OH is 1. The molecule has 15 heteroatoms. The first-order valence-corrected chi connectivity index (χ1v) is 11.6. The number of alkyl halides is 6. The van der Waals surface area contributed by atoms with Crippen molar-refractivity contribution < 1.29 is 41.0 Å². The number of rotatable bonds is 5. The van der Waals surface area contributed by atoms with Crippen molar-refractivity contribution in [2.24, 2.45) is 0 Å². The van der Waals surface area contributed by atoms with E-state index >= 15 is 0 Å². The van der Waals surface area contributed by atoms with Gasteiger partial charge in [-0.25, -0.2) is 19.9 Å². The third kappa shape index (κ3) is 8.99. The number of hydrogen-bond acceptors (Lipinski definition) is 9. The SMILES string of the molecule is CC(=O)OCc1cc(-c2cnc(C(F)(F)F)nc2)cc(C)n1.Cc1cc(-c2cnc(C(F)(F)F)nc2)cc(CO)n1. The van der Waals surface area contributed by atoms with Crippen LogP contribution in [0.4, 0.5) is 26.3 Å². The maximum absolute atomic E-state index is 12.4. The number of aliphatic hydroxyl groups is 1. The quantitative estimate of drug-likeness (QED) is 0.248. The fourth-order valence-electron chi connectivity index (χ4n) is 3.39. The lowest BCUT2D eigenvalue weighted by Gasteiger charge is -2.08. The molecule has 0 radical (unpaired) electrons. The number of hydrogen-bond donors (Lipinski definition) is 1. The van der Waals surface area contributed by atoms with Crippen LogP contribution in [0.3, 0.4) is 0 Å². The number of ether oxygens (including phenoxy) is 1. The number of pyridine rings is 2. The predicted octanol–water partition coefficient (Wildman–Crippen LogP) is 5.29. The standard InChI is InChI=1S/C14H12F3N3O2.C12H10F3N3O/c1-8-3-10(4-12(20-8)7-22-9(2)21)11-5-18-13(19-6-11)14(15,16)17;1-7-2-8(3-10(6-19)18-7)9-4-16-11(17-5-9)12(13,14)15/h3-6H,7H2,1-2H3;2-5,19H,6H2,1H3. The Labute approximate surface area is 229 Å². The van der Waals surface area contributed by atoms with Gasteiger partial charge in [0.05, 0.1) is 18.0 Å². The first kappa shape index (κ1) is 31.0. The highest BCUT2D eigenvalue weighted by Gasteiger charge is 2.35. The minimum atomic E-state index is -4.58. The second-order valence-corrected chi connectivity index (χ2v) is 8.50. The zero-order valence-corrected chi connectivity index (χ0v) is 21.7. The van der Waals surface area contributed by atoms with Crippen molar-refractivity contribution in [3.05, 3.63) is 83.5 Å². The van der Waals surface area contributed by atoms with Gasteiger partial charge in [0.1, 0.15) is 6.61 Å². The molecule has 0 fully saturated rings. The lowest BCUT2D eigenvalue weighted by atomic mass is 10.1. The molecule has 0 saturated heterocycles. The van der Waals surface area contributed by atoms with Crippen LogP contribution in [0.25, 0.3) is 22.3 Å². The fraction of sp³-hybridized carbons (Fsp3) is 0.269. The molecule has 0 saturated carbocycles. The zero-order chi connectivity index (χ0) is 30.4. The molecular formula is C26H22F6N6O3. The molecule has 0 bridgehead atoms. The molecule has 0 atom stereocenters.